The minimum atomic E-state index is -0.714. The molecule has 368 valence electrons. The van der Waals surface area contributed by atoms with Crippen molar-refractivity contribution in [3.63, 3.8) is 0 Å². The number of imidazole rings is 2. The van der Waals surface area contributed by atoms with Crippen LogP contribution < -0.4 is 10.6 Å². The fraction of sp³-hybridized carbons (Fsp3) is 0.473. The van der Waals surface area contributed by atoms with Gasteiger partial charge in [-0.1, -0.05) is 83.5 Å². The smallest absolute Gasteiger partial charge is 0.407 e. The summed E-state index contributed by atoms with van der Waals surface area (Å²) < 4.78 is 9.67. The number of carbonyl (C=O) groups is 4. The number of allylic oxidation sites excluding steroid dienone is 2. The molecule has 0 radical (unpaired) electrons. The quantitative estimate of drug-likeness (QED) is 0.0834. The highest BCUT2D eigenvalue weighted by Gasteiger charge is 2.43. The van der Waals surface area contributed by atoms with Gasteiger partial charge in [0.2, 0.25) is 11.8 Å². The van der Waals surface area contributed by atoms with Gasteiger partial charge in [-0.05, 0) is 115 Å². The highest BCUT2D eigenvalue weighted by atomic mass is 16.5. The van der Waals surface area contributed by atoms with Gasteiger partial charge in [0.25, 0.3) is 0 Å². The highest BCUT2D eigenvalue weighted by molar-refractivity contribution is 5.89. The molecule has 1 spiro atoms. The van der Waals surface area contributed by atoms with Gasteiger partial charge in [-0.15, -0.1) is 0 Å². The third kappa shape index (κ3) is 9.10. The van der Waals surface area contributed by atoms with Crippen LogP contribution in [0.15, 0.2) is 61.5 Å². The van der Waals surface area contributed by atoms with E-state index in [4.69, 9.17) is 24.4 Å². The highest BCUT2D eigenvalue weighted by Crippen LogP contribution is 2.53. The third-order valence-electron chi connectivity index (χ3n) is 15.4. The number of fused-ring (bicyclic) bond motifs is 2. The van der Waals surface area contributed by atoms with Crippen molar-refractivity contribution >= 4 is 41.1 Å². The van der Waals surface area contributed by atoms with E-state index in [0.29, 0.717) is 13.1 Å². The molecule has 1 saturated carbocycles. The lowest BCUT2D eigenvalue weighted by atomic mass is 9.82. The van der Waals surface area contributed by atoms with Crippen LogP contribution >= 0.6 is 0 Å². The lowest BCUT2D eigenvalue weighted by Crippen LogP contribution is -2.51. The summed E-state index contributed by atoms with van der Waals surface area (Å²) in [6.07, 6.45) is 18.6. The molecule has 2 saturated heterocycles. The van der Waals surface area contributed by atoms with Crippen LogP contribution in [0, 0.1) is 24.2 Å². The Morgan fingerprint density at radius 2 is 1.39 bits per heavy atom. The molecule has 3 fully saturated rings. The largest absolute Gasteiger partial charge is 0.453 e. The SMILES string of the molecule is C=C/C=C\c1c(-c2ncc(-c3ccc4nc(C5CCCN5C(=O)C(NC(=O)OC)C(C)C)[nH]c4c3)c3c2CC2(CCCC2)C3)ccc(-c2cnc(C3CCCN3C(=O)C(NC(=O)OC)C(C)C)[nH]2)c1C. The number of likely N-dealkylation sites (tertiary alicyclic amines) is 2. The van der Waals surface area contributed by atoms with Crippen LogP contribution in [0.1, 0.15) is 125 Å². The van der Waals surface area contributed by atoms with Crippen LogP contribution in [0.5, 0.6) is 0 Å². The number of alkyl carbamates (subject to hydrolysis) is 2. The molecule has 4 aliphatic rings. The van der Waals surface area contributed by atoms with Gasteiger partial charge >= 0.3 is 12.2 Å². The minimum absolute atomic E-state index is 0.121. The monoisotopic (exact) mass is 950 g/mol. The second kappa shape index (κ2) is 19.9. The van der Waals surface area contributed by atoms with E-state index in [9.17, 15) is 19.2 Å². The summed E-state index contributed by atoms with van der Waals surface area (Å²) in [7, 11) is 2.60. The zero-order chi connectivity index (χ0) is 49.4. The van der Waals surface area contributed by atoms with Crippen LogP contribution in [-0.2, 0) is 31.9 Å². The van der Waals surface area contributed by atoms with E-state index in [0.717, 1.165) is 106 Å². The van der Waals surface area contributed by atoms with Crippen LogP contribution in [0.3, 0.4) is 0 Å². The number of methoxy groups -OCH3 is 2. The van der Waals surface area contributed by atoms with Gasteiger partial charge in [-0.3, -0.25) is 14.6 Å². The van der Waals surface area contributed by atoms with Crippen molar-refractivity contribution < 1.29 is 28.7 Å². The second-order valence-corrected chi connectivity index (χ2v) is 20.5. The predicted octanol–water partition coefficient (Wildman–Crippen LogP) is 9.94. The van der Waals surface area contributed by atoms with Crippen molar-refractivity contribution in [1.82, 2.24) is 45.4 Å². The normalized spacial score (nSPS) is 19.4. The summed E-state index contributed by atoms with van der Waals surface area (Å²) in [4.78, 5) is 78.3. The van der Waals surface area contributed by atoms with Crippen molar-refractivity contribution in [3.8, 4) is 33.6 Å². The first-order valence-corrected chi connectivity index (χ1v) is 25.0. The van der Waals surface area contributed by atoms with E-state index in [1.165, 1.54) is 51.0 Å². The lowest BCUT2D eigenvalue weighted by molar-refractivity contribution is -0.136. The lowest BCUT2D eigenvalue weighted by Gasteiger charge is -2.30. The number of carbonyl (C=O) groups excluding carboxylic acids is 4. The number of nitrogens with zero attached hydrogens (tertiary/aromatic N) is 5. The minimum Gasteiger partial charge on any atom is -0.453 e. The first-order chi connectivity index (χ1) is 33.7. The number of H-pyrrole nitrogens is 2. The van der Waals surface area contributed by atoms with E-state index >= 15 is 0 Å². The van der Waals surface area contributed by atoms with Crippen LogP contribution in [0.25, 0.3) is 50.8 Å². The summed E-state index contributed by atoms with van der Waals surface area (Å²) in [5.41, 5.74) is 12.9. The zero-order valence-corrected chi connectivity index (χ0v) is 41.6. The maximum atomic E-state index is 13.9. The van der Waals surface area contributed by atoms with Crippen molar-refractivity contribution in [1.29, 1.82) is 0 Å². The fourth-order valence-corrected chi connectivity index (χ4v) is 11.7. The van der Waals surface area contributed by atoms with Crippen LogP contribution in [0.2, 0.25) is 0 Å². The Labute approximate surface area is 410 Å². The third-order valence-corrected chi connectivity index (χ3v) is 15.4. The van der Waals surface area contributed by atoms with Crippen molar-refractivity contribution in [2.45, 2.75) is 123 Å². The van der Waals surface area contributed by atoms with Gasteiger partial charge in [-0.2, -0.15) is 0 Å². The molecule has 15 heteroatoms. The standard InChI is InChI=1S/C55H67N9O6/c1-9-10-15-35-33(6)36(43-30-57-49(60-43)44-16-13-24-63(44)51(65)46(31(2)3)61-53(67)69-7)19-20-37(35)48-39-28-55(22-11-12-23-55)27-38(39)40(29-56-48)34-18-21-41-42(26-34)59-50(58-41)45-17-14-25-64(45)52(66)47(32(4)5)62-54(68)70-8/h9-10,15,18-21,26,29-32,44-47H,1,11-14,16-17,22-25,27-28H2,2-8H3,(H,57,60)(H,58,59)(H,61,67)(H,62,68)/b15-10-. The van der Waals surface area contributed by atoms with Gasteiger partial charge < -0.3 is 39.9 Å². The molecule has 2 aliphatic heterocycles. The van der Waals surface area contributed by atoms with Gasteiger partial charge in [0.05, 0.1) is 54.9 Å². The summed E-state index contributed by atoms with van der Waals surface area (Å²) in [6.45, 7) is 15.0. The molecule has 9 rings (SSSR count). The van der Waals surface area contributed by atoms with E-state index < -0.39 is 24.3 Å². The molecule has 4 unspecified atom stereocenters. The second-order valence-electron chi connectivity index (χ2n) is 20.5. The number of rotatable bonds is 13. The number of aromatic amines is 2. The maximum absolute atomic E-state index is 13.9. The molecular formula is C55H67N9O6. The number of amides is 4. The molecule has 15 nitrogen and oxygen atoms in total. The maximum Gasteiger partial charge on any atom is 0.407 e. The number of aromatic nitrogens is 5. The van der Waals surface area contributed by atoms with Crippen LogP contribution in [0.4, 0.5) is 9.59 Å². The number of hydrogen-bond acceptors (Lipinski definition) is 9. The number of hydrogen-bond donors (Lipinski definition) is 4. The van der Waals surface area contributed by atoms with Crippen molar-refractivity contribution in [2.24, 2.45) is 17.3 Å². The molecule has 2 aliphatic carbocycles. The first-order valence-electron chi connectivity index (χ1n) is 25.0. The molecule has 2 aromatic carbocycles. The molecule has 70 heavy (non-hydrogen) atoms. The van der Waals surface area contributed by atoms with E-state index in [1.807, 2.05) is 49.8 Å². The van der Waals surface area contributed by atoms with Gasteiger partial charge in [-0.25, -0.2) is 19.6 Å². The fourth-order valence-electron chi connectivity index (χ4n) is 11.7. The molecule has 3 aromatic heterocycles. The number of benzene rings is 2. The zero-order valence-electron chi connectivity index (χ0n) is 41.6. The predicted molar refractivity (Wildman–Crippen MR) is 270 cm³/mol. The summed E-state index contributed by atoms with van der Waals surface area (Å²) in [6, 6.07) is 8.83. The molecule has 5 aromatic rings. The number of ether oxygens (including phenoxy) is 2. The Morgan fingerprint density at radius 1 is 0.771 bits per heavy atom. The molecule has 4 atom stereocenters. The van der Waals surface area contributed by atoms with E-state index in [-0.39, 0.29) is 41.1 Å². The van der Waals surface area contributed by atoms with Gasteiger partial charge in [0, 0.05) is 36.0 Å². The Morgan fingerprint density at radius 3 is 2.00 bits per heavy atom. The number of nitrogens with one attached hydrogen (secondary N) is 4. The average Bonchev–Trinajstić information content (AvgIpc) is 4.22. The molecular weight excluding hydrogens is 883 g/mol. The van der Waals surface area contributed by atoms with E-state index in [2.05, 4.69) is 76.7 Å². The summed E-state index contributed by atoms with van der Waals surface area (Å²) in [5.74, 6) is 0.932. The first kappa shape index (κ1) is 48.3. The Balaban J connectivity index is 1.04. The Bertz CT molecular complexity index is 2850. The van der Waals surface area contributed by atoms with Gasteiger partial charge in [0.1, 0.15) is 23.7 Å². The molecule has 4 amide bonds. The number of pyridine rings is 1. The topological polar surface area (TPSA) is 188 Å². The summed E-state index contributed by atoms with van der Waals surface area (Å²) in [5, 5.41) is 5.49. The Kier molecular flexibility index (Phi) is 13.7. The van der Waals surface area contributed by atoms with Crippen LogP contribution in [-0.4, -0.2) is 98.1 Å². The van der Waals surface area contributed by atoms with E-state index in [1.54, 1.807) is 6.08 Å². The Hall–Kier alpha value is -6.77. The van der Waals surface area contributed by atoms with Gasteiger partial charge in [0.15, 0.2) is 0 Å². The van der Waals surface area contributed by atoms with Crippen molar-refractivity contribution in [2.75, 3.05) is 27.3 Å². The van der Waals surface area contributed by atoms with Crippen molar-refractivity contribution in [3.05, 3.63) is 95.4 Å². The average molecular weight is 950 g/mol. The molecule has 5 heterocycles. The summed E-state index contributed by atoms with van der Waals surface area (Å²) >= 11 is 0. The molecule has 4 N–H and O–H groups in total. The molecule has 0 bridgehead atoms.